The van der Waals surface area contributed by atoms with E-state index in [1.165, 1.54) is 95.2 Å². The molecule has 258 valence electrons. The molecule has 3 saturated heterocycles. The summed E-state index contributed by atoms with van der Waals surface area (Å²) < 4.78 is 13.2. The van der Waals surface area contributed by atoms with Crippen molar-refractivity contribution in [1.82, 2.24) is 4.90 Å². The van der Waals surface area contributed by atoms with Crippen molar-refractivity contribution in [3.63, 3.8) is 0 Å². The first-order chi connectivity index (χ1) is 21.6. The Labute approximate surface area is 280 Å². The van der Waals surface area contributed by atoms with E-state index in [1.54, 1.807) is 19.4 Å². The number of quaternary nitrogens is 1. The third kappa shape index (κ3) is 4.90. The molecule has 3 heterocycles. The number of nitrogens with zero attached hydrogens (tertiary/aromatic N) is 2. The minimum absolute atomic E-state index is 0.0161. The first kappa shape index (κ1) is 33.1. The minimum Gasteiger partial charge on any atom is -0.466 e. The van der Waals surface area contributed by atoms with Gasteiger partial charge in [-0.25, -0.2) is 0 Å². The summed E-state index contributed by atoms with van der Waals surface area (Å²) >= 11 is 0. The Morgan fingerprint density at radius 1 is 0.826 bits per heavy atom. The average molecular weight is 638 g/mol. The molecule has 5 aliphatic carbocycles. The van der Waals surface area contributed by atoms with Crippen LogP contribution in [0, 0.1) is 63.1 Å². The van der Waals surface area contributed by atoms with E-state index in [-0.39, 0.29) is 39.7 Å². The van der Waals surface area contributed by atoms with Crippen molar-refractivity contribution in [3.05, 3.63) is 12.2 Å². The Hall–Kier alpha value is -1.40. The van der Waals surface area contributed by atoms with Gasteiger partial charge in [0.15, 0.2) is 0 Å². The lowest BCUT2D eigenvalue weighted by Gasteiger charge is -2.72. The number of rotatable bonds is 6. The molecule has 6 nitrogen and oxygen atoms in total. The van der Waals surface area contributed by atoms with Crippen molar-refractivity contribution in [2.24, 2.45) is 63.1 Å². The van der Waals surface area contributed by atoms with Crippen LogP contribution in [0.5, 0.6) is 0 Å². The Morgan fingerprint density at radius 3 is 2.17 bits per heavy atom. The van der Waals surface area contributed by atoms with E-state index in [1.807, 2.05) is 0 Å². The highest BCUT2D eigenvalue weighted by Crippen LogP contribution is 2.76. The van der Waals surface area contributed by atoms with Gasteiger partial charge in [-0.15, -0.1) is 0 Å². The van der Waals surface area contributed by atoms with Crippen LogP contribution in [0.3, 0.4) is 0 Å². The van der Waals surface area contributed by atoms with Crippen molar-refractivity contribution in [2.75, 3.05) is 52.4 Å². The highest BCUT2D eigenvalue weighted by atomic mass is 16.5. The number of hydrogen-bond acceptors (Lipinski definition) is 5. The molecule has 2 bridgehead atoms. The van der Waals surface area contributed by atoms with Crippen LogP contribution in [-0.2, 0) is 19.1 Å². The van der Waals surface area contributed by atoms with Crippen LogP contribution in [0.15, 0.2) is 12.2 Å². The van der Waals surface area contributed by atoms with Crippen molar-refractivity contribution in [3.8, 4) is 0 Å². The molecule has 0 aromatic heterocycles. The number of hydrogen-bond donors (Lipinski definition) is 0. The van der Waals surface area contributed by atoms with Crippen LogP contribution in [0.4, 0.5) is 0 Å². The van der Waals surface area contributed by atoms with Gasteiger partial charge < -0.3 is 14.0 Å². The number of piperazine rings is 3. The van der Waals surface area contributed by atoms with Crippen LogP contribution >= 0.6 is 0 Å². The zero-order chi connectivity index (χ0) is 32.9. The Morgan fingerprint density at radius 2 is 1.52 bits per heavy atom. The Bertz CT molecular complexity index is 1220. The van der Waals surface area contributed by atoms with E-state index in [4.69, 9.17) is 16.1 Å². The summed E-state index contributed by atoms with van der Waals surface area (Å²) in [6.45, 7) is 30.3. The molecular formula is C40H65N2O4+. The van der Waals surface area contributed by atoms with Crippen molar-refractivity contribution in [2.45, 2.75) is 112 Å². The van der Waals surface area contributed by atoms with Crippen molar-refractivity contribution >= 4 is 11.9 Å². The molecule has 8 fully saturated rings. The van der Waals surface area contributed by atoms with E-state index >= 15 is 0 Å². The first-order valence-electron chi connectivity index (χ1n) is 19.2. The number of esters is 2. The third-order valence-electron chi connectivity index (χ3n) is 16.9. The minimum atomic E-state index is -0.133. The molecule has 8 aliphatic rings. The molecule has 46 heavy (non-hydrogen) atoms. The van der Waals surface area contributed by atoms with Crippen molar-refractivity contribution in [1.29, 1.82) is 0 Å². The summed E-state index contributed by atoms with van der Waals surface area (Å²) in [6.07, 6.45) is 11.0. The van der Waals surface area contributed by atoms with Gasteiger partial charge in [-0.1, -0.05) is 41.2 Å². The summed E-state index contributed by atoms with van der Waals surface area (Å²) in [6, 6.07) is 0. The molecule has 0 N–H and O–H groups in total. The molecule has 6 heteroatoms. The fourth-order valence-corrected chi connectivity index (χ4v) is 14.6. The van der Waals surface area contributed by atoms with Gasteiger partial charge in [0.1, 0.15) is 12.6 Å². The molecule has 0 aromatic carbocycles. The Balaban J connectivity index is 1.20. The lowest BCUT2D eigenvalue weighted by Crippen LogP contribution is -2.68. The molecule has 0 amide bonds. The van der Waals surface area contributed by atoms with Gasteiger partial charge in [-0.3, -0.25) is 14.5 Å². The van der Waals surface area contributed by atoms with Gasteiger partial charge in [0.2, 0.25) is 0 Å². The normalized spacial score (nSPS) is 50.4. The molecule has 5 saturated carbocycles. The first-order valence-corrected chi connectivity index (χ1v) is 19.2. The number of fused-ring (bicyclic) bond motifs is 10. The lowest BCUT2D eigenvalue weighted by atomic mass is 9.32. The van der Waals surface area contributed by atoms with E-state index in [0.717, 1.165) is 12.8 Å². The van der Waals surface area contributed by atoms with Crippen LogP contribution < -0.4 is 0 Å². The summed E-state index contributed by atoms with van der Waals surface area (Å²) in [7, 11) is 0. The van der Waals surface area contributed by atoms with Crippen LogP contribution in [0.25, 0.3) is 0 Å². The molecule has 6 unspecified atom stereocenters. The van der Waals surface area contributed by atoms with E-state index in [0.29, 0.717) is 48.0 Å². The summed E-state index contributed by atoms with van der Waals surface area (Å²) in [5, 5.41) is 0. The number of ether oxygens (including phenoxy) is 2. The fraction of sp³-hybridized carbons (Fsp3) is 0.900. The summed E-state index contributed by atoms with van der Waals surface area (Å²) in [4.78, 5) is 26.9. The second-order valence-corrected chi connectivity index (χ2v) is 19.0. The zero-order valence-electron chi connectivity index (χ0n) is 30.4. The fourth-order valence-electron chi connectivity index (χ4n) is 14.6. The maximum atomic E-state index is 12.2. The predicted molar refractivity (Wildman–Crippen MR) is 182 cm³/mol. The number of carbonyl (C=O) groups excluding carboxylic acids is 2. The van der Waals surface area contributed by atoms with Gasteiger partial charge in [-0.2, -0.15) is 0 Å². The highest BCUT2D eigenvalue weighted by Gasteiger charge is 2.70. The van der Waals surface area contributed by atoms with Gasteiger partial charge in [0.25, 0.3) is 0 Å². The molecule has 0 aromatic rings. The largest absolute Gasteiger partial charge is 0.466 e. The standard InChI is InChI=1S/C40H65N2O4/c1-26(24-42-20-17-41(18-21-42)19-22-42)30-9-10-31-29(25-45-27(2)43)23-40(8)32(36(30)31)11-12-34-38(6)15-14-35(46-28(3)44)37(4,5)33(38)13-16-39(34,40)7/h29-36H,1,9-25H2,2-8H3/q+1/t29-,30?,31?,32?,33?,34?,35+,36?,38+,39-,40-/m1/s1. The van der Waals surface area contributed by atoms with E-state index < -0.39 is 0 Å². The van der Waals surface area contributed by atoms with E-state index in [2.05, 4.69) is 39.5 Å². The highest BCUT2D eigenvalue weighted by molar-refractivity contribution is 5.66. The maximum Gasteiger partial charge on any atom is 0.302 e. The second-order valence-electron chi connectivity index (χ2n) is 19.0. The van der Waals surface area contributed by atoms with Gasteiger partial charge >= 0.3 is 11.9 Å². The average Bonchev–Trinajstić information content (AvgIpc) is 3.44. The molecule has 11 atom stereocenters. The third-order valence-corrected chi connectivity index (χ3v) is 16.9. The van der Waals surface area contributed by atoms with E-state index in [9.17, 15) is 9.59 Å². The lowest BCUT2D eigenvalue weighted by molar-refractivity contribution is -0.937. The second kappa shape index (κ2) is 11.3. The molecule has 0 radical (unpaired) electrons. The topological polar surface area (TPSA) is 55.8 Å². The monoisotopic (exact) mass is 637 g/mol. The summed E-state index contributed by atoms with van der Waals surface area (Å²) in [5.74, 6) is 4.01. The smallest absolute Gasteiger partial charge is 0.302 e. The molecular weight excluding hydrogens is 572 g/mol. The van der Waals surface area contributed by atoms with Crippen LogP contribution in [0.2, 0.25) is 0 Å². The maximum absolute atomic E-state index is 12.2. The van der Waals surface area contributed by atoms with Gasteiger partial charge in [0.05, 0.1) is 26.2 Å². The summed E-state index contributed by atoms with van der Waals surface area (Å²) in [5.41, 5.74) is 2.22. The predicted octanol–water partition coefficient (Wildman–Crippen LogP) is 7.12. The van der Waals surface area contributed by atoms with Crippen LogP contribution in [-0.4, -0.2) is 79.8 Å². The molecule has 0 spiro atoms. The number of carbonyl (C=O) groups is 2. The SMILES string of the molecule is C=C(C[N+]12CCN(CC1)CC2)C1CCC2C1C1CCC3[C@@]4(C)CC[C@H](OC(C)=O)C(C)(C)C4CC[C@@]3(C)[C@]1(C)C[C@@H]2COC(C)=O. The van der Waals surface area contributed by atoms with Crippen molar-refractivity contribution < 1.29 is 23.5 Å². The van der Waals surface area contributed by atoms with Gasteiger partial charge in [-0.05, 0) is 121 Å². The van der Waals surface area contributed by atoms with Gasteiger partial charge in [0, 0.05) is 38.9 Å². The van der Waals surface area contributed by atoms with Crippen LogP contribution in [0.1, 0.15) is 106 Å². The molecule has 3 aliphatic heterocycles. The quantitative estimate of drug-likeness (QED) is 0.176. The Kier molecular flexibility index (Phi) is 8.15. The molecule has 8 rings (SSSR count). The zero-order valence-corrected chi connectivity index (χ0v) is 30.4.